The fourth-order valence-electron chi connectivity index (χ4n) is 3.53. The third kappa shape index (κ3) is 1.93. The zero-order chi connectivity index (χ0) is 12.8. The van der Waals surface area contributed by atoms with Crippen LogP contribution in [0.3, 0.4) is 0 Å². The van der Waals surface area contributed by atoms with Crippen molar-refractivity contribution < 1.29 is 0 Å². The van der Waals surface area contributed by atoms with Gasteiger partial charge in [-0.15, -0.1) is 0 Å². The maximum Gasteiger partial charge on any atom is 0.0407 e. The van der Waals surface area contributed by atoms with E-state index in [9.17, 15) is 0 Å². The van der Waals surface area contributed by atoms with Crippen LogP contribution in [0.4, 0.5) is 5.69 Å². The number of anilines is 1. The number of rotatable bonds is 1. The molecule has 0 aliphatic carbocycles. The summed E-state index contributed by atoms with van der Waals surface area (Å²) in [5.74, 6) is 0. The van der Waals surface area contributed by atoms with Gasteiger partial charge in [0.15, 0.2) is 0 Å². The standard InChI is InChI=1S/C16H24N2/c1-16(2)12-18(13-8-10-17(3)11-9-13)15-7-5-4-6-14(15)16/h4-7,13H,8-12H2,1-3H3. The highest BCUT2D eigenvalue weighted by Crippen LogP contribution is 2.42. The lowest BCUT2D eigenvalue weighted by Crippen LogP contribution is -2.44. The lowest BCUT2D eigenvalue weighted by atomic mass is 9.87. The van der Waals surface area contributed by atoms with E-state index in [1.54, 1.807) is 0 Å². The van der Waals surface area contributed by atoms with Crippen LogP contribution in [0.2, 0.25) is 0 Å². The second-order valence-corrected chi connectivity index (χ2v) is 6.56. The number of para-hydroxylation sites is 1. The van der Waals surface area contributed by atoms with Crippen LogP contribution >= 0.6 is 0 Å². The van der Waals surface area contributed by atoms with Crippen LogP contribution in [-0.4, -0.2) is 37.6 Å². The first-order chi connectivity index (χ1) is 8.58. The van der Waals surface area contributed by atoms with E-state index in [0.717, 1.165) is 6.04 Å². The summed E-state index contributed by atoms with van der Waals surface area (Å²) in [5, 5.41) is 0. The Hall–Kier alpha value is -1.02. The van der Waals surface area contributed by atoms with Gasteiger partial charge in [-0.25, -0.2) is 0 Å². The predicted molar refractivity (Wildman–Crippen MR) is 77.3 cm³/mol. The molecular weight excluding hydrogens is 220 g/mol. The molecule has 2 aliphatic heterocycles. The summed E-state index contributed by atoms with van der Waals surface area (Å²) >= 11 is 0. The summed E-state index contributed by atoms with van der Waals surface area (Å²) in [6.07, 6.45) is 2.61. The Morgan fingerprint density at radius 3 is 2.50 bits per heavy atom. The second kappa shape index (κ2) is 4.27. The van der Waals surface area contributed by atoms with Crippen LogP contribution in [0.15, 0.2) is 24.3 Å². The molecule has 98 valence electrons. The van der Waals surface area contributed by atoms with Crippen molar-refractivity contribution >= 4 is 5.69 Å². The molecule has 0 amide bonds. The van der Waals surface area contributed by atoms with Crippen molar-refractivity contribution in [1.29, 1.82) is 0 Å². The first-order valence-electron chi connectivity index (χ1n) is 7.13. The summed E-state index contributed by atoms with van der Waals surface area (Å²) in [6, 6.07) is 9.72. The Morgan fingerprint density at radius 2 is 1.78 bits per heavy atom. The van der Waals surface area contributed by atoms with Gasteiger partial charge in [0.25, 0.3) is 0 Å². The molecule has 0 aromatic heterocycles. The lowest BCUT2D eigenvalue weighted by Gasteiger charge is -2.37. The van der Waals surface area contributed by atoms with Gasteiger partial charge >= 0.3 is 0 Å². The molecule has 2 nitrogen and oxygen atoms in total. The number of fused-ring (bicyclic) bond motifs is 1. The van der Waals surface area contributed by atoms with E-state index >= 15 is 0 Å². The summed E-state index contributed by atoms with van der Waals surface area (Å²) in [6.45, 7) is 8.41. The van der Waals surface area contributed by atoms with Gasteiger partial charge in [-0.2, -0.15) is 0 Å². The molecule has 0 unspecified atom stereocenters. The van der Waals surface area contributed by atoms with Crippen molar-refractivity contribution in [2.75, 3.05) is 31.6 Å². The Labute approximate surface area is 111 Å². The molecule has 1 aromatic carbocycles. The molecule has 0 saturated carbocycles. The van der Waals surface area contributed by atoms with E-state index in [0.29, 0.717) is 5.41 Å². The molecule has 2 heterocycles. The average molecular weight is 244 g/mol. The van der Waals surface area contributed by atoms with Gasteiger partial charge in [-0.3, -0.25) is 0 Å². The van der Waals surface area contributed by atoms with E-state index in [1.807, 2.05) is 0 Å². The van der Waals surface area contributed by atoms with E-state index in [2.05, 4.69) is 55.0 Å². The van der Waals surface area contributed by atoms with E-state index in [1.165, 1.54) is 43.7 Å². The first kappa shape index (κ1) is 12.0. The van der Waals surface area contributed by atoms with Crippen LogP contribution in [0.25, 0.3) is 0 Å². The number of piperidine rings is 1. The smallest absolute Gasteiger partial charge is 0.0407 e. The zero-order valence-electron chi connectivity index (χ0n) is 11.8. The van der Waals surface area contributed by atoms with E-state index in [-0.39, 0.29) is 0 Å². The third-order valence-corrected chi connectivity index (χ3v) is 4.64. The monoisotopic (exact) mass is 244 g/mol. The maximum absolute atomic E-state index is 2.67. The van der Waals surface area contributed by atoms with Gasteiger partial charge in [0, 0.05) is 23.7 Å². The first-order valence-corrected chi connectivity index (χ1v) is 7.13. The minimum Gasteiger partial charge on any atom is -0.367 e. The van der Waals surface area contributed by atoms with Gasteiger partial charge in [-0.1, -0.05) is 32.0 Å². The summed E-state index contributed by atoms with van der Waals surface area (Å²) < 4.78 is 0. The van der Waals surface area contributed by atoms with Gasteiger partial charge in [0.1, 0.15) is 0 Å². The van der Waals surface area contributed by atoms with Gasteiger partial charge < -0.3 is 9.80 Å². The molecule has 0 spiro atoms. The second-order valence-electron chi connectivity index (χ2n) is 6.56. The Balaban J connectivity index is 1.87. The quantitative estimate of drug-likeness (QED) is 0.749. The number of likely N-dealkylation sites (tertiary alicyclic amines) is 1. The number of hydrogen-bond acceptors (Lipinski definition) is 2. The molecule has 0 atom stereocenters. The lowest BCUT2D eigenvalue weighted by molar-refractivity contribution is 0.248. The van der Waals surface area contributed by atoms with E-state index < -0.39 is 0 Å². The summed E-state index contributed by atoms with van der Waals surface area (Å²) in [5.41, 5.74) is 3.32. The Bertz CT molecular complexity index is 430. The number of nitrogens with zero attached hydrogens (tertiary/aromatic N) is 2. The predicted octanol–water partition coefficient (Wildman–Crippen LogP) is 2.88. The van der Waals surface area contributed by atoms with Crippen molar-refractivity contribution in [3.8, 4) is 0 Å². The van der Waals surface area contributed by atoms with Gasteiger partial charge in [0.2, 0.25) is 0 Å². The highest BCUT2D eigenvalue weighted by Gasteiger charge is 2.38. The normalized spacial score (nSPS) is 24.3. The van der Waals surface area contributed by atoms with Crippen molar-refractivity contribution in [3.05, 3.63) is 29.8 Å². The fraction of sp³-hybridized carbons (Fsp3) is 0.625. The van der Waals surface area contributed by atoms with Crippen LogP contribution in [-0.2, 0) is 5.41 Å². The fourth-order valence-corrected chi connectivity index (χ4v) is 3.53. The van der Waals surface area contributed by atoms with Crippen molar-refractivity contribution in [1.82, 2.24) is 4.90 Å². The highest BCUT2D eigenvalue weighted by molar-refractivity contribution is 5.62. The van der Waals surface area contributed by atoms with Crippen molar-refractivity contribution in [2.24, 2.45) is 0 Å². The number of benzene rings is 1. The third-order valence-electron chi connectivity index (χ3n) is 4.64. The molecule has 2 heteroatoms. The molecule has 1 aromatic rings. The molecule has 0 bridgehead atoms. The number of hydrogen-bond donors (Lipinski definition) is 0. The van der Waals surface area contributed by atoms with Gasteiger partial charge in [0.05, 0.1) is 0 Å². The Morgan fingerprint density at radius 1 is 1.11 bits per heavy atom. The maximum atomic E-state index is 2.67. The zero-order valence-corrected chi connectivity index (χ0v) is 11.8. The Kier molecular flexibility index (Phi) is 2.86. The van der Waals surface area contributed by atoms with E-state index in [4.69, 9.17) is 0 Å². The minimum absolute atomic E-state index is 0.305. The van der Waals surface area contributed by atoms with Crippen molar-refractivity contribution in [2.45, 2.75) is 38.1 Å². The van der Waals surface area contributed by atoms with Crippen molar-refractivity contribution in [3.63, 3.8) is 0 Å². The summed E-state index contributed by atoms with van der Waals surface area (Å²) in [4.78, 5) is 5.12. The average Bonchev–Trinajstić information content (AvgIpc) is 2.63. The van der Waals surface area contributed by atoms with Gasteiger partial charge in [-0.05, 0) is 44.6 Å². The molecule has 1 saturated heterocycles. The molecule has 18 heavy (non-hydrogen) atoms. The molecule has 0 N–H and O–H groups in total. The molecular formula is C16H24N2. The summed E-state index contributed by atoms with van der Waals surface area (Å²) in [7, 11) is 2.23. The minimum atomic E-state index is 0.305. The molecule has 3 rings (SSSR count). The molecule has 0 radical (unpaired) electrons. The van der Waals surface area contributed by atoms with Crippen LogP contribution in [0.1, 0.15) is 32.3 Å². The largest absolute Gasteiger partial charge is 0.367 e. The topological polar surface area (TPSA) is 6.48 Å². The van der Waals surface area contributed by atoms with Crippen LogP contribution in [0, 0.1) is 0 Å². The van der Waals surface area contributed by atoms with Crippen LogP contribution < -0.4 is 4.90 Å². The molecule has 2 aliphatic rings. The molecule has 1 fully saturated rings. The highest BCUT2D eigenvalue weighted by atomic mass is 15.2. The van der Waals surface area contributed by atoms with Crippen LogP contribution in [0.5, 0.6) is 0 Å². The SMILES string of the molecule is CN1CCC(N2CC(C)(C)c3ccccc32)CC1.